The minimum absolute atomic E-state index is 0.223. The molecule has 3 N–H and O–H groups in total. The van der Waals surface area contributed by atoms with Gasteiger partial charge in [-0.25, -0.2) is 14.6 Å². The summed E-state index contributed by atoms with van der Waals surface area (Å²) in [5, 5.41) is 19.0. The predicted octanol–water partition coefficient (Wildman–Crippen LogP) is 3.58. The van der Waals surface area contributed by atoms with Gasteiger partial charge in [-0.15, -0.1) is 0 Å². The van der Waals surface area contributed by atoms with E-state index in [0.29, 0.717) is 24.7 Å². The largest absolute Gasteiger partial charge is 0.478 e. The molecule has 0 radical (unpaired) electrons. The fourth-order valence-corrected chi connectivity index (χ4v) is 3.21. The number of carbonyl (C=O) groups is 2. The van der Waals surface area contributed by atoms with Crippen molar-refractivity contribution in [1.29, 1.82) is 0 Å². The third-order valence-corrected chi connectivity index (χ3v) is 4.71. The van der Waals surface area contributed by atoms with Crippen LogP contribution in [0.3, 0.4) is 0 Å². The Labute approximate surface area is 182 Å². The summed E-state index contributed by atoms with van der Waals surface area (Å²) in [6.45, 7) is 2.19. The van der Waals surface area contributed by atoms with Crippen LogP contribution in [0.25, 0.3) is 0 Å². The predicted molar refractivity (Wildman–Crippen MR) is 109 cm³/mol. The van der Waals surface area contributed by atoms with Gasteiger partial charge in [0, 0.05) is 36.9 Å². The SMILES string of the molecule is FC(F)(F)c1ccc(OC[C@@H]2CNCC[C@H]2c2ccccc2)nc1.O=C(O)/C=C/C(=O)O. The van der Waals surface area contributed by atoms with E-state index in [1.165, 1.54) is 11.6 Å². The Balaban J connectivity index is 0.000000390. The van der Waals surface area contributed by atoms with E-state index >= 15 is 0 Å². The number of rotatable bonds is 6. The molecule has 0 amide bonds. The molecule has 10 heteroatoms. The molecule has 2 aromatic rings. The van der Waals surface area contributed by atoms with Gasteiger partial charge in [-0.1, -0.05) is 30.3 Å². The van der Waals surface area contributed by atoms with Crippen molar-refractivity contribution in [1.82, 2.24) is 10.3 Å². The molecule has 1 aliphatic heterocycles. The second kappa shape index (κ2) is 11.8. The van der Waals surface area contributed by atoms with Gasteiger partial charge in [-0.05, 0) is 30.5 Å². The molecular weight excluding hydrogens is 429 g/mol. The first-order valence-corrected chi connectivity index (χ1v) is 9.72. The Morgan fingerprint density at radius 1 is 1.09 bits per heavy atom. The first-order valence-electron chi connectivity index (χ1n) is 9.72. The quantitative estimate of drug-likeness (QED) is 0.575. The minimum atomic E-state index is -4.38. The van der Waals surface area contributed by atoms with Crippen molar-refractivity contribution in [2.75, 3.05) is 19.7 Å². The highest BCUT2D eigenvalue weighted by molar-refractivity contribution is 5.89. The summed E-state index contributed by atoms with van der Waals surface area (Å²) in [5.41, 5.74) is 0.504. The lowest BCUT2D eigenvalue weighted by Gasteiger charge is -2.32. The van der Waals surface area contributed by atoms with Gasteiger partial charge in [0.15, 0.2) is 0 Å². The molecule has 2 heterocycles. The minimum Gasteiger partial charge on any atom is -0.478 e. The summed E-state index contributed by atoms with van der Waals surface area (Å²) >= 11 is 0. The standard InChI is InChI=1S/C18H19F3N2O.C4H4O4/c19-18(20,21)15-6-7-17(23-11-15)24-12-14-10-22-9-8-16(14)13-4-2-1-3-5-13;5-3(6)1-2-4(7)8/h1-7,11,14,16,22H,8-10,12H2;1-2H,(H,5,6)(H,7,8)/b;2-1+/t14-,16-;/m0./s1. The number of carboxylic acid groups (broad SMARTS) is 2. The van der Waals surface area contributed by atoms with E-state index in [-0.39, 0.29) is 11.8 Å². The lowest BCUT2D eigenvalue weighted by atomic mass is 9.81. The van der Waals surface area contributed by atoms with Crippen molar-refractivity contribution < 1.29 is 37.7 Å². The molecule has 2 atom stereocenters. The highest BCUT2D eigenvalue weighted by Crippen LogP contribution is 2.31. The molecule has 1 saturated heterocycles. The Hall–Kier alpha value is -3.40. The second-order valence-electron chi connectivity index (χ2n) is 6.97. The normalized spacial score (nSPS) is 18.5. The third-order valence-electron chi connectivity index (χ3n) is 4.71. The van der Waals surface area contributed by atoms with Crippen LogP contribution in [0.2, 0.25) is 0 Å². The number of pyridine rings is 1. The molecule has 1 aromatic heterocycles. The van der Waals surface area contributed by atoms with E-state index in [2.05, 4.69) is 22.4 Å². The second-order valence-corrected chi connectivity index (χ2v) is 6.97. The number of hydrogen-bond donors (Lipinski definition) is 3. The average molecular weight is 452 g/mol. The summed E-state index contributed by atoms with van der Waals surface area (Å²) in [6, 6.07) is 12.5. The maximum Gasteiger partial charge on any atom is 0.417 e. The lowest BCUT2D eigenvalue weighted by molar-refractivity contribution is -0.138. The fourth-order valence-electron chi connectivity index (χ4n) is 3.21. The average Bonchev–Trinajstić information content (AvgIpc) is 2.77. The summed E-state index contributed by atoms with van der Waals surface area (Å²) in [6.07, 6.45) is -1.44. The van der Waals surface area contributed by atoms with Crippen LogP contribution in [-0.4, -0.2) is 46.8 Å². The van der Waals surface area contributed by atoms with Gasteiger partial charge >= 0.3 is 18.1 Å². The number of hydrogen-bond acceptors (Lipinski definition) is 5. The number of nitrogens with one attached hydrogen (secondary N) is 1. The summed E-state index contributed by atoms with van der Waals surface area (Å²) in [7, 11) is 0. The summed E-state index contributed by atoms with van der Waals surface area (Å²) < 4.78 is 43.3. The van der Waals surface area contributed by atoms with E-state index in [9.17, 15) is 22.8 Å². The molecule has 7 nitrogen and oxygen atoms in total. The number of aromatic nitrogens is 1. The van der Waals surface area contributed by atoms with Crippen LogP contribution in [-0.2, 0) is 15.8 Å². The van der Waals surface area contributed by atoms with Gasteiger partial charge in [0.1, 0.15) is 0 Å². The molecule has 0 bridgehead atoms. The highest BCUT2D eigenvalue weighted by Gasteiger charge is 2.31. The van der Waals surface area contributed by atoms with Gasteiger partial charge in [-0.3, -0.25) is 0 Å². The first-order chi connectivity index (χ1) is 15.2. The number of carboxylic acids is 2. The molecule has 0 aliphatic carbocycles. The number of benzene rings is 1. The van der Waals surface area contributed by atoms with Gasteiger partial charge in [0.05, 0.1) is 12.2 Å². The smallest absolute Gasteiger partial charge is 0.417 e. The van der Waals surface area contributed by atoms with E-state index < -0.39 is 23.7 Å². The van der Waals surface area contributed by atoms with Gasteiger partial charge in [-0.2, -0.15) is 13.2 Å². The molecule has 0 spiro atoms. The molecule has 0 saturated carbocycles. The highest BCUT2D eigenvalue weighted by atomic mass is 19.4. The number of nitrogens with zero attached hydrogens (tertiary/aromatic N) is 1. The van der Waals surface area contributed by atoms with Gasteiger partial charge in [0.2, 0.25) is 5.88 Å². The molecule has 1 fully saturated rings. The van der Waals surface area contributed by atoms with Gasteiger partial charge < -0.3 is 20.3 Å². The third kappa shape index (κ3) is 8.38. The van der Waals surface area contributed by atoms with E-state index in [1.54, 1.807) is 0 Å². The number of aliphatic carboxylic acids is 2. The van der Waals surface area contributed by atoms with Crippen LogP contribution in [0.5, 0.6) is 5.88 Å². The molecule has 32 heavy (non-hydrogen) atoms. The van der Waals surface area contributed by atoms with Crippen molar-refractivity contribution in [2.45, 2.75) is 18.5 Å². The molecule has 172 valence electrons. The first kappa shape index (κ1) is 24.9. The van der Waals surface area contributed by atoms with Crippen LogP contribution in [0.1, 0.15) is 23.5 Å². The monoisotopic (exact) mass is 452 g/mol. The zero-order chi connectivity index (χ0) is 23.6. The molecule has 3 rings (SSSR count). The Morgan fingerprint density at radius 3 is 2.28 bits per heavy atom. The fraction of sp³-hybridized carbons (Fsp3) is 0.318. The van der Waals surface area contributed by atoms with Crippen molar-refractivity contribution in [3.8, 4) is 5.88 Å². The molecule has 1 aromatic carbocycles. The van der Waals surface area contributed by atoms with Crippen LogP contribution in [0, 0.1) is 5.92 Å². The molecular formula is C22H23F3N2O5. The van der Waals surface area contributed by atoms with Gasteiger partial charge in [0.25, 0.3) is 0 Å². The zero-order valence-corrected chi connectivity index (χ0v) is 17.0. The number of piperidine rings is 1. The number of ether oxygens (including phenoxy) is 1. The van der Waals surface area contributed by atoms with Crippen LogP contribution in [0.15, 0.2) is 60.8 Å². The number of alkyl halides is 3. The van der Waals surface area contributed by atoms with Crippen molar-refractivity contribution in [3.05, 3.63) is 71.9 Å². The lowest BCUT2D eigenvalue weighted by Crippen LogP contribution is -2.38. The Kier molecular flexibility index (Phi) is 9.21. The topological polar surface area (TPSA) is 109 Å². The van der Waals surface area contributed by atoms with E-state index in [0.717, 1.165) is 31.8 Å². The van der Waals surface area contributed by atoms with Crippen LogP contribution < -0.4 is 10.1 Å². The summed E-state index contributed by atoms with van der Waals surface area (Å²) in [5.74, 6) is -1.66. The maximum absolute atomic E-state index is 12.5. The van der Waals surface area contributed by atoms with Crippen LogP contribution in [0.4, 0.5) is 13.2 Å². The maximum atomic E-state index is 12.5. The molecule has 0 unspecified atom stereocenters. The zero-order valence-electron chi connectivity index (χ0n) is 17.0. The van der Waals surface area contributed by atoms with Crippen molar-refractivity contribution >= 4 is 11.9 Å². The van der Waals surface area contributed by atoms with Crippen LogP contribution >= 0.6 is 0 Å². The summed E-state index contributed by atoms with van der Waals surface area (Å²) in [4.78, 5) is 22.9. The number of halogens is 3. The van der Waals surface area contributed by atoms with Crippen molar-refractivity contribution in [2.24, 2.45) is 5.92 Å². The Bertz CT molecular complexity index is 886. The van der Waals surface area contributed by atoms with E-state index in [1.807, 2.05) is 18.2 Å². The van der Waals surface area contributed by atoms with E-state index in [4.69, 9.17) is 14.9 Å². The Morgan fingerprint density at radius 2 is 1.75 bits per heavy atom. The van der Waals surface area contributed by atoms with Crippen molar-refractivity contribution in [3.63, 3.8) is 0 Å². The molecule has 1 aliphatic rings.